The summed E-state index contributed by atoms with van der Waals surface area (Å²) < 4.78 is 4.31. The number of hydrogen-bond acceptors (Lipinski definition) is 5. The molecular formula is C10H8N2O5. The van der Waals surface area contributed by atoms with Crippen LogP contribution in [-0.4, -0.2) is 23.0 Å². The number of amides is 1. The van der Waals surface area contributed by atoms with Crippen LogP contribution in [0.25, 0.3) is 0 Å². The molecule has 1 atom stereocenters. The summed E-state index contributed by atoms with van der Waals surface area (Å²) in [5.74, 6) is -0.631. The fraction of sp³-hybridized carbons (Fsp3) is 0.200. The second-order valence-electron chi connectivity index (χ2n) is 3.53. The van der Waals surface area contributed by atoms with Crippen LogP contribution >= 0.6 is 0 Å². The summed E-state index contributed by atoms with van der Waals surface area (Å²) in [6.07, 6.45) is -0.510. The lowest BCUT2D eigenvalue weighted by atomic mass is 10.1. The highest BCUT2D eigenvalue weighted by molar-refractivity contribution is 5.95. The van der Waals surface area contributed by atoms with Crippen molar-refractivity contribution in [1.82, 2.24) is 5.32 Å². The van der Waals surface area contributed by atoms with Crippen molar-refractivity contribution in [3.63, 3.8) is 0 Å². The van der Waals surface area contributed by atoms with E-state index in [0.717, 1.165) is 0 Å². The first-order valence-electron chi connectivity index (χ1n) is 4.82. The van der Waals surface area contributed by atoms with Gasteiger partial charge in [0.1, 0.15) is 6.04 Å². The van der Waals surface area contributed by atoms with Gasteiger partial charge < -0.3 is 10.1 Å². The van der Waals surface area contributed by atoms with E-state index in [0.29, 0.717) is 5.56 Å². The number of nitro benzene ring substituents is 1. The van der Waals surface area contributed by atoms with Gasteiger partial charge in [-0.3, -0.25) is 10.1 Å². The number of nitrogens with zero attached hydrogens (tertiary/aromatic N) is 1. The number of carbonyl (C=O) groups is 2. The number of alkyl carbamates (subject to hydrolysis) is 1. The molecule has 1 amide bonds. The lowest BCUT2D eigenvalue weighted by Gasteiger charge is -2.04. The molecule has 7 heteroatoms. The van der Waals surface area contributed by atoms with Gasteiger partial charge in [-0.1, -0.05) is 12.1 Å². The highest BCUT2D eigenvalue weighted by atomic mass is 16.6. The van der Waals surface area contributed by atoms with Crippen LogP contribution in [0.3, 0.4) is 0 Å². The molecule has 0 aliphatic carbocycles. The van der Waals surface area contributed by atoms with Gasteiger partial charge >= 0.3 is 12.1 Å². The van der Waals surface area contributed by atoms with E-state index in [4.69, 9.17) is 0 Å². The number of nitrogens with one attached hydrogen (secondary N) is 1. The van der Waals surface area contributed by atoms with Gasteiger partial charge in [-0.2, -0.15) is 0 Å². The number of rotatable bonds is 3. The van der Waals surface area contributed by atoms with E-state index < -0.39 is 23.0 Å². The lowest BCUT2D eigenvalue weighted by molar-refractivity contribution is -0.384. The highest BCUT2D eigenvalue weighted by Crippen LogP contribution is 2.14. The van der Waals surface area contributed by atoms with Gasteiger partial charge in [-0.05, 0) is 5.56 Å². The zero-order chi connectivity index (χ0) is 12.4. The van der Waals surface area contributed by atoms with Gasteiger partial charge in [0.25, 0.3) is 5.69 Å². The van der Waals surface area contributed by atoms with Crippen LogP contribution in [0.15, 0.2) is 24.3 Å². The van der Waals surface area contributed by atoms with E-state index >= 15 is 0 Å². The molecule has 1 heterocycles. The van der Waals surface area contributed by atoms with E-state index in [9.17, 15) is 19.7 Å². The van der Waals surface area contributed by atoms with Crippen molar-refractivity contribution in [3.8, 4) is 0 Å². The van der Waals surface area contributed by atoms with Crippen LogP contribution in [0.5, 0.6) is 0 Å². The van der Waals surface area contributed by atoms with Crippen molar-refractivity contribution in [2.75, 3.05) is 0 Å². The lowest BCUT2D eigenvalue weighted by Crippen LogP contribution is -2.30. The van der Waals surface area contributed by atoms with E-state index in [1.54, 1.807) is 0 Å². The van der Waals surface area contributed by atoms with Gasteiger partial charge in [-0.25, -0.2) is 9.59 Å². The molecule has 0 bridgehead atoms. The number of nitro groups is 1. The van der Waals surface area contributed by atoms with Crippen LogP contribution in [0.4, 0.5) is 10.5 Å². The van der Waals surface area contributed by atoms with Gasteiger partial charge in [0.15, 0.2) is 0 Å². The molecule has 17 heavy (non-hydrogen) atoms. The maximum absolute atomic E-state index is 11.2. The largest absolute Gasteiger partial charge is 0.415 e. The number of ether oxygens (including phenoxy) is 1. The molecule has 1 saturated heterocycles. The third-order valence-corrected chi connectivity index (χ3v) is 2.36. The van der Waals surface area contributed by atoms with Crippen molar-refractivity contribution >= 4 is 17.7 Å². The average Bonchev–Trinajstić information content (AvgIpc) is 2.58. The zero-order valence-corrected chi connectivity index (χ0v) is 8.58. The number of non-ortho nitro benzene ring substituents is 1. The van der Waals surface area contributed by atoms with Gasteiger partial charge in [0.2, 0.25) is 0 Å². The van der Waals surface area contributed by atoms with Gasteiger partial charge in [0.05, 0.1) is 4.92 Å². The molecule has 0 aromatic heterocycles. The Balaban J connectivity index is 2.07. The molecule has 0 spiro atoms. The van der Waals surface area contributed by atoms with Crippen molar-refractivity contribution in [3.05, 3.63) is 39.9 Å². The number of esters is 1. The summed E-state index contributed by atoms with van der Waals surface area (Å²) in [6.45, 7) is 0. The molecule has 1 aromatic rings. The molecule has 0 unspecified atom stereocenters. The third kappa shape index (κ3) is 2.39. The Morgan fingerprint density at radius 1 is 1.29 bits per heavy atom. The predicted molar refractivity (Wildman–Crippen MR) is 55.2 cm³/mol. The minimum Gasteiger partial charge on any atom is -0.375 e. The number of hydrogen-bond donors (Lipinski definition) is 1. The summed E-state index contributed by atoms with van der Waals surface area (Å²) >= 11 is 0. The summed E-state index contributed by atoms with van der Waals surface area (Å²) in [5.41, 5.74) is 0.687. The normalized spacial score (nSPS) is 18.7. The van der Waals surface area contributed by atoms with Crippen LogP contribution in [0.1, 0.15) is 5.56 Å². The fourth-order valence-corrected chi connectivity index (χ4v) is 1.52. The van der Waals surface area contributed by atoms with Crippen molar-refractivity contribution in [2.45, 2.75) is 12.5 Å². The number of carbonyl (C=O) groups excluding carboxylic acids is 2. The van der Waals surface area contributed by atoms with Crippen molar-refractivity contribution < 1.29 is 19.2 Å². The van der Waals surface area contributed by atoms with Crippen LogP contribution in [0.2, 0.25) is 0 Å². The first kappa shape index (κ1) is 11.1. The molecule has 1 aliphatic heterocycles. The first-order chi connectivity index (χ1) is 8.06. The van der Waals surface area contributed by atoms with Gasteiger partial charge in [0, 0.05) is 18.6 Å². The van der Waals surface area contributed by atoms with Crippen molar-refractivity contribution in [2.24, 2.45) is 0 Å². The molecule has 0 saturated carbocycles. The quantitative estimate of drug-likeness (QED) is 0.361. The van der Waals surface area contributed by atoms with E-state index in [1.165, 1.54) is 24.3 Å². The topological polar surface area (TPSA) is 98.5 Å². The van der Waals surface area contributed by atoms with Crippen molar-refractivity contribution in [1.29, 1.82) is 0 Å². The minimum absolute atomic E-state index is 0.0215. The molecule has 88 valence electrons. The van der Waals surface area contributed by atoms with Crippen LogP contribution in [0, 0.1) is 10.1 Å². The van der Waals surface area contributed by atoms with E-state index in [-0.39, 0.29) is 12.1 Å². The monoisotopic (exact) mass is 236 g/mol. The molecule has 1 N–H and O–H groups in total. The van der Waals surface area contributed by atoms with E-state index in [1.807, 2.05) is 0 Å². The summed E-state index contributed by atoms with van der Waals surface area (Å²) in [6, 6.07) is 5.05. The molecule has 7 nitrogen and oxygen atoms in total. The zero-order valence-electron chi connectivity index (χ0n) is 8.58. The number of cyclic esters (lactones) is 2. The SMILES string of the molecule is O=C1N[C@@H](Cc2ccc([N+](=O)[O-])cc2)C(=O)O1. The molecule has 0 radical (unpaired) electrons. The second-order valence-corrected chi connectivity index (χ2v) is 3.53. The smallest absolute Gasteiger partial charge is 0.375 e. The Bertz CT molecular complexity index is 482. The van der Waals surface area contributed by atoms with E-state index in [2.05, 4.69) is 10.1 Å². The Labute approximate surface area is 95.5 Å². The third-order valence-electron chi connectivity index (χ3n) is 2.36. The Morgan fingerprint density at radius 3 is 2.41 bits per heavy atom. The fourth-order valence-electron chi connectivity index (χ4n) is 1.52. The van der Waals surface area contributed by atoms with Crippen LogP contribution < -0.4 is 5.32 Å². The summed E-state index contributed by atoms with van der Waals surface area (Å²) in [7, 11) is 0. The maximum atomic E-state index is 11.2. The molecule has 1 fully saturated rings. The highest BCUT2D eigenvalue weighted by Gasteiger charge is 2.32. The minimum atomic E-state index is -0.762. The Morgan fingerprint density at radius 2 is 1.94 bits per heavy atom. The second kappa shape index (κ2) is 4.20. The number of benzene rings is 1. The molecular weight excluding hydrogens is 228 g/mol. The molecule has 2 rings (SSSR count). The summed E-state index contributed by atoms with van der Waals surface area (Å²) in [4.78, 5) is 31.8. The maximum Gasteiger partial charge on any atom is 0.415 e. The summed E-state index contributed by atoms with van der Waals surface area (Å²) in [5, 5.41) is 12.8. The predicted octanol–water partition coefficient (Wildman–Crippen LogP) is 0.772. The Kier molecular flexibility index (Phi) is 2.73. The first-order valence-corrected chi connectivity index (χ1v) is 4.82. The van der Waals surface area contributed by atoms with Gasteiger partial charge in [-0.15, -0.1) is 0 Å². The van der Waals surface area contributed by atoms with Crippen LogP contribution in [-0.2, 0) is 16.0 Å². The molecule has 1 aromatic carbocycles. The molecule has 1 aliphatic rings. The average molecular weight is 236 g/mol. The standard InChI is InChI=1S/C10H8N2O5/c13-9-8(11-10(14)17-9)5-6-1-3-7(4-2-6)12(15)16/h1-4,8H,5H2,(H,11,14)/t8-/m0/s1. The Hall–Kier alpha value is -2.44.